The van der Waals surface area contributed by atoms with Gasteiger partial charge in [-0.2, -0.15) is 0 Å². The number of hydrogen-bond donors (Lipinski definition) is 0. The van der Waals surface area contributed by atoms with Crippen LogP contribution in [0.4, 0.5) is 4.39 Å². The Kier molecular flexibility index (Phi) is 5.13. The van der Waals surface area contributed by atoms with Crippen LogP contribution >= 0.6 is 0 Å². The average molecular weight is 318 g/mol. The lowest BCUT2D eigenvalue weighted by atomic mass is 10.0. The van der Waals surface area contributed by atoms with Crippen LogP contribution in [0.2, 0.25) is 0 Å². The van der Waals surface area contributed by atoms with Crippen molar-refractivity contribution in [2.24, 2.45) is 5.92 Å². The highest BCUT2D eigenvalue weighted by Gasteiger charge is 2.26. The molecule has 0 spiro atoms. The first-order valence-corrected chi connectivity index (χ1v) is 7.85. The second kappa shape index (κ2) is 6.89. The average Bonchev–Trinajstić information content (AvgIpc) is 2.90. The van der Waals surface area contributed by atoms with Crippen LogP contribution in [0.1, 0.15) is 44.1 Å². The fourth-order valence-corrected chi connectivity index (χ4v) is 2.41. The Morgan fingerprint density at radius 2 is 1.87 bits per heavy atom. The van der Waals surface area contributed by atoms with Gasteiger partial charge in [-0.3, -0.25) is 4.79 Å². The zero-order valence-electron chi connectivity index (χ0n) is 14.2. The number of amides is 1. The highest BCUT2D eigenvalue weighted by Crippen LogP contribution is 2.15. The summed E-state index contributed by atoms with van der Waals surface area (Å²) in [6, 6.07) is 6.04. The second-order valence-corrected chi connectivity index (χ2v) is 5.95. The molecule has 2 rings (SSSR count). The van der Waals surface area contributed by atoms with Crippen molar-refractivity contribution in [1.82, 2.24) is 19.7 Å². The first kappa shape index (κ1) is 17.1. The SMILES string of the molecule is CCN(C(=O)c1nc(C)n(-c2ccc(F)cc2)n1)[C@@H](C)C(C)C. The van der Waals surface area contributed by atoms with Gasteiger partial charge >= 0.3 is 0 Å². The number of carbonyl (C=O) groups is 1. The van der Waals surface area contributed by atoms with Crippen molar-refractivity contribution in [2.45, 2.75) is 40.7 Å². The fourth-order valence-electron chi connectivity index (χ4n) is 2.41. The standard InChI is InChI=1S/C17H23FN4O/c1-6-21(12(4)11(2)3)17(23)16-19-13(5)22(20-16)15-9-7-14(18)8-10-15/h7-12H,6H2,1-5H3/t12-/m0/s1. The molecular formula is C17H23FN4O. The van der Waals surface area contributed by atoms with Gasteiger partial charge in [-0.25, -0.2) is 14.1 Å². The third kappa shape index (κ3) is 3.57. The molecule has 0 N–H and O–H groups in total. The largest absolute Gasteiger partial charge is 0.333 e. The van der Waals surface area contributed by atoms with Crippen molar-refractivity contribution in [2.75, 3.05) is 6.54 Å². The molecule has 0 unspecified atom stereocenters. The molecule has 0 aliphatic carbocycles. The third-order valence-corrected chi connectivity index (χ3v) is 4.09. The van der Waals surface area contributed by atoms with Gasteiger partial charge in [0, 0.05) is 12.6 Å². The predicted molar refractivity (Wildman–Crippen MR) is 87.1 cm³/mol. The fraction of sp³-hybridized carbons (Fsp3) is 0.471. The summed E-state index contributed by atoms with van der Waals surface area (Å²) in [6.07, 6.45) is 0. The number of carbonyl (C=O) groups excluding carboxylic acids is 1. The zero-order chi connectivity index (χ0) is 17.1. The Balaban J connectivity index is 2.32. The summed E-state index contributed by atoms with van der Waals surface area (Å²) in [5.74, 6) is 0.608. The summed E-state index contributed by atoms with van der Waals surface area (Å²) in [6.45, 7) is 10.5. The number of aryl methyl sites for hydroxylation is 1. The van der Waals surface area contributed by atoms with Crippen molar-refractivity contribution in [3.8, 4) is 5.69 Å². The lowest BCUT2D eigenvalue weighted by Gasteiger charge is -2.29. The zero-order valence-corrected chi connectivity index (χ0v) is 14.2. The maximum atomic E-state index is 13.0. The molecule has 23 heavy (non-hydrogen) atoms. The molecule has 1 heterocycles. The van der Waals surface area contributed by atoms with Gasteiger partial charge in [0.25, 0.3) is 5.91 Å². The van der Waals surface area contributed by atoms with E-state index in [9.17, 15) is 9.18 Å². The van der Waals surface area contributed by atoms with Crippen LogP contribution in [0.15, 0.2) is 24.3 Å². The first-order chi connectivity index (χ1) is 10.8. The Hall–Kier alpha value is -2.24. The van der Waals surface area contributed by atoms with E-state index in [1.807, 2.05) is 13.8 Å². The van der Waals surface area contributed by atoms with E-state index < -0.39 is 0 Å². The molecule has 2 aromatic rings. The number of hydrogen-bond acceptors (Lipinski definition) is 3. The van der Waals surface area contributed by atoms with Gasteiger partial charge in [-0.05, 0) is 51.0 Å². The van der Waals surface area contributed by atoms with E-state index in [0.717, 1.165) is 0 Å². The number of nitrogens with zero attached hydrogens (tertiary/aromatic N) is 4. The Labute approximate surface area is 136 Å². The summed E-state index contributed by atoms with van der Waals surface area (Å²) in [4.78, 5) is 18.8. The normalized spacial score (nSPS) is 12.5. The van der Waals surface area contributed by atoms with Gasteiger partial charge in [0.2, 0.25) is 5.82 Å². The summed E-state index contributed by atoms with van der Waals surface area (Å²) in [5, 5.41) is 4.31. The van der Waals surface area contributed by atoms with E-state index in [-0.39, 0.29) is 23.6 Å². The summed E-state index contributed by atoms with van der Waals surface area (Å²) < 4.78 is 14.6. The van der Waals surface area contributed by atoms with E-state index in [1.54, 1.807) is 28.6 Å². The van der Waals surface area contributed by atoms with Gasteiger partial charge in [0.15, 0.2) is 0 Å². The van der Waals surface area contributed by atoms with Crippen LogP contribution in [0.25, 0.3) is 5.69 Å². The summed E-state index contributed by atoms with van der Waals surface area (Å²) >= 11 is 0. The van der Waals surface area contributed by atoms with Gasteiger partial charge in [0.05, 0.1) is 5.69 Å². The van der Waals surface area contributed by atoms with Gasteiger partial charge in [-0.15, -0.1) is 5.10 Å². The highest BCUT2D eigenvalue weighted by molar-refractivity contribution is 5.90. The van der Waals surface area contributed by atoms with E-state index in [0.29, 0.717) is 24.0 Å². The Morgan fingerprint density at radius 3 is 2.39 bits per heavy atom. The van der Waals surface area contributed by atoms with Crippen LogP contribution in [-0.2, 0) is 0 Å². The second-order valence-electron chi connectivity index (χ2n) is 5.95. The van der Waals surface area contributed by atoms with Crippen molar-refractivity contribution >= 4 is 5.91 Å². The smallest absolute Gasteiger partial charge is 0.293 e. The maximum absolute atomic E-state index is 13.0. The van der Waals surface area contributed by atoms with Gasteiger partial charge < -0.3 is 4.90 Å². The monoisotopic (exact) mass is 318 g/mol. The molecule has 0 radical (unpaired) electrons. The summed E-state index contributed by atoms with van der Waals surface area (Å²) in [7, 11) is 0. The van der Waals surface area contributed by atoms with Crippen molar-refractivity contribution < 1.29 is 9.18 Å². The minimum absolute atomic E-state index is 0.102. The van der Waals surface area contributed by atoms with Gasteiger partial charge in [0.1, 0.15) is 11.6 Å². The molecular weight excluding hydrogens is 295 g/mol. The van der Waals surface area contributed by atoms with Crippen LogP contribution < -0.4 is 0 Å². The van der Waals surface area contributed by atoms with Crippen LogP contribution in [0.3, 0.4) is 0 Å². The molecule has 5 nitrogen and oxygen atoms in total. The van der Waals surface area contributed by atoms with E-state index in [2.05, 4.69) is 23.9 Å². The topological polar surface area (TPSA) is 51.0 Å². The molecule has 0 aliphatic heterocycles. The summed E-state index contributed by atoms with van der Waals surface area (Å²) in [5.41, 5.74) is 0.676. The predicted octanol–water partition coefficient (Wildman–Crippen LogP) is 3.22. The van der Waals surface area contributed by atoms with Crippen molar-refractivity contribution in [3.63, 3.8) is 0 Å². The third-order valence-electron chi connectivity index (χ3n) is 4.09. The molecule has 0 fully saturated rings. The molecule has 1 aromatic heterocycles. The Bertz CT molecular complexity index is 678. The van der Waals surface area contributed by atoms with Crippen LogP contribution in [-0.4, -0.2) is 38.2 Å². The molecule has 0 bridgehead atoms. The van der Waals surface area contributed by atoms with Crippen molar-refractivity contribution in [1.29, 1.82) is 0 Å². The maximum Gasteiger partial charge on any atom is 0.293 e. The number of rotatable bonds is 5. The lowest BCUT2D eigenvalue weighted by Crippen LogP contribution is -2.41. The van der Waals surface area contributed by atoms with E-state index in [4.69, 9.17) is 0 Å². The molecule has 0 aliphatic rings. The van der Waals surface area contributed by atoms with Crippen LogP contribution in [0, 0.1) is 18.7 Å². The molecule has 124 valence electrons. The molecule has 1 amide bonds. The molecule has 0 saturated heterocycles. The molecule has 6 heteroatoms. The van der Waals surface area contributed by atoms with Gasteiger partial charge in [-0.1, -0.05) is 13.8 Å². The van der Waals surface area contributed by atoms with Crippen molar-refractivity contribution in [3.05, 3.63) is 41.7 Å². The quantitative estimate of drug-likeness (QED) is 0.850. The molecule has 1 atom stereocenters. The van der Waals surface area contributed by atoms with Crippen LogP contribution in [0.5, 0.6) is 0 Å². The minimum atomic E-state index is -0.314. The molecule has 0 saturated carbocycles. The lowest BCUT2D eigenvalue weighted by molar-refractivity contribution is 0.0648. The van der Waals surface area contributed by atoms with E-state index in [1.165, 1.54) is 12.1 Å². The number of halogens is 1. The first-order valence-electron chi connectivity index (χ1n) is 7.85. The highest BCUT2D eigenvalue weighted by atomic mass is 19.1. The minimum Gasteiger partial charge on any atom is -0.333 e. The molecule has 1 aromatic carbocycles. The number of benzene rings is 1. The Morgan fingerprint density at radius 1 is 1.26 bits per heavy atom. The van der Waals surface area contributed by atoms with E-state index >= 15 is 0 Å². The number of aromatic nitrogens is 3.